The first-order valence-corrected chi connectivity index (χ1v) is 10.6. The first-order chi connectivity index (χ1) is 14.0. The number of benzene rings is 2. The average Bonchev–Trinajstić information content (AvgIpc) is 3.11. The number of hydrogen-bond acceptors (Lipinski definition) is 6. The van der Waals surface area contributed by atoms with Gasteiger partial charge in [-0.3, -0.25) is 5.43 Å². The Bertz CT molecular complexity index is 988. The van der Waals surface area contributed by atoms with Crippen molar-refractivity contribution in [2.45, 2.75) is 34.6 Å². The summed E-state index contributed by atoms with van der Waals surface area (Å²) in [6.45, 7) is 11.5. The molecule has 6 heteroatoms. The molecule has 5 nitrogen and oxygen atoms in total. The van der Waals surface area contributed by atoms with Crippen molar-refractivity contribution < 1.29 is 9.47 Å². The van der Waals surface area contributed by atoms with E-state index in [-0.39, 0.29) is 0 Å². The molecule has 0 saturated heterocycles. The standard InChI is InChI=1S/C23H27N3O2S/c1-6-27-19-9-8-18(21(12-19)28-7-2)13-24-26-23-25-20(14-29-23)22-16(4)10-15(3)11-17(22)5/h8-14H,6-7H2,1-5H3,(H,25,26)/b24-13-. The number of ether oxygens (including phenoxy) is 2. The Balaban J connectivity index is 1.75. The van der Waals surface area contributed by atoms with Crippen LogP contribution in [0.4, 0.5) is 5.13 Å². The highest BCUT2D eigenvalue weighted by Gasteiger charge is 2.10. The number of nitrogens with zero attached hydrogens (tertiary/aromatic N) is 2. The predicted molar refractivity (Wildman–Crippen MR) is 122 cm³/mol. The fourth-order valence-electron chi connectivity index (χ4n) is 3.34. The number of anilines is 1. The average molecular weight is 410 g/mol. The highest BCUT2D eigenvalue weighted by atomic mass is 32.1. The van der Waals surface area contributed by atoms with E-state index in [4.69, 9.17) is 14.5 Å². The Hall–Kier alpha value is -2.86. The lowest BCUT2D eigenvalue weighted by Gasteiger charge is -2.10. The van der Waals surface area contributed by atoms with E-state index in [9.17, 15) is 0 Å². The Labute approximate surface area is 176 Å². The smallest absolute Gasteiger partial charge is 0.203 e. The molecule has 0 radical (unpaired) electrons. The summed E-state index contributed by atoms with van der Waals surface area (Å²) in [6.07, 6.45) is 1.74. The van der Waals surface area contributed by atoms with Crippen molar-refractivity contribution in [1.82, 2.24) is 4.98 Å². The SMILES string of the molecule is CCOc1ccc(/C=N\Nc2nc(-c3c(C)cc(C)cc3C)cs2)c(OCC)c1. The minimum Gasteiger partial charge on any atom is -0.494 e. The van der Waals surface area contributed by atoms with Crippen LogP contribution in [0.15, 0.2) is 40.8 Å². The molecule has 0 aliphatic rings. The van der Waals surface area contributed by atoms with Crippen molar-refractivity contribution in [2.24, 2.45) is 5.10 Å². The van der Waals surface area contributed by atoms with Gasteiger partial charge in [-0.15, -0.1) is 11.3 Å². The molecular formula is C23H27N3O2S. The van der Waals surface area contributed by atoms with Crippen LogP contribution in [-0.2, 0) is 0 Å². The lowest BCUT2D eigenvalue weighted by Crippen LogP contribution is -1.99. The predicted octanol–water partition coefficient (Wildman–Crippen LogP) is 5.98. The number of hydrazone groups is 1. The van der Waals surface area contributed by atoms with Crippen LogP contribution in [0.3, 0.4) is 0 Å². The Morgan fingerprint density at radius 3 is 2.45 bits per heavy atom. The molecule has 3 rings (SSSR count). The third-order valence-corrected chi connectivity index (χ3v) is 5.14. The van der Waals surface area contributed by atoms with Gasteiger partial charge in [0.25, 0.3) is 0 Å². The van der Waals surface area contributed by atoms with Crippen molar-refractivity contribution in [2.75, 3.05) is 18.6 Å². The topological polar surface area (TPSA) is 55.7 Å². The highest BCUT2D eigenvalue weighted by Crippen LogP contribution is 2.31. The molecule has 0 amide bonds. The molecule has 0 atom stereocenters. The molecule has 29 heavy (non-hydrogen) atoms. The van der Waals surface area contributed by atoms with E-state index in [1.807, 2.05) is 32.0 Å². The molecule has 152 valence electrons. The summed E-state index contributed by atoms with van der Waals surface area (Å²) in [4.78, 5) is 4.70. The molecule has 2 aromatic carbocycles. The minimum atomic E-state index is 0.578. The fraction of sp³-hybridized carbons (Fsp3) is 0.304. The van der Waals surface area contributed by atoms with Gasteiger partial charge in [0, 0.05) is 22.6 Å². The van der Waals surface area contributed by atoms with Crippen LogP contribution in [0.5, 0.6) is 11.5 Å². The maximum Gasteiger partial charge on any atom is 0.203 e. The molecular weight excluding hydrogens is 382 g/mol. The van der Waals surface area contributed by atoms with Crippen molar-refractivity contribution in [1.29, 1.82) is 0 Å². The fourth-order valence-corrected chi connectivity index (χ4v) is 3.99. The van der Waals surface area contributed by atoms with Crippen LogP contribution in [0.1, 0.15) is 36.1 Å². The number of aryl methyl sites for hydroxylation is 3. The third-order valence-electron chi connectivity index (χ3n) is 4.40. The van der Waals surface area contributed by atoms with Gasteiger partial charge in [-0.05, 0) is 57.9 Å². The summed E-state index contributed by atoms with van der Waals surface area (Å²) in [7, 11) is 0. The summed E-state index contributed by atoms with van der Waals surface area (Å²) in [5.41, 5.74) is 9.81. The molecule has 0 unspecified atom stereocenters. The second-order valence-corrected chi connectivity index (χ2v) is 7.61. The summed E-state index contributed by atoms with van der Waals surface area (Å²) in [6, 6.07) is 10.1. The molecule has 0 bridgehead atoms. The molecule has 1 aromatic heterocycles. The zero-order valence-electron chi connectivity index (χ0n) is 17.6. The molecule has 0 saturated carbocycles. The maximum absolute atomic E-state index is 5.71. The quantitative estimate of drug-likeness (QED) is 0.367. The van der Waals surface area contributed by atoms with Crippen molar-refractivity contribution >= 4 is 22.7 Å². The first-order valence-electron chi connectivity index (χ1n) is 9.74. The van der Waals surface area contributed by atoms with Crippen molar-refractivity contribution in [3.05, 3.63) is 58.0 Å². The summed E-state index contributed by atoms with van der Waals surface area (Å²) in [5.74, 6) is 1.53. The van der Waals surface area contributed by atoms with E-state index in [0.717, 1.165) is 27.9 Å². The van der Waals surface area contributed by atoms with Crippen LogP contribution in [0, 0.1) is 20.8 Å². The Morgan fingerprint density at radius 1 is 1.03 bits per heavy atom. The van der Waals surface area contributed by atoms with Gasteiger partial charge in [-0.1, -0.05) is 17.7 Å². The van der Waals surface area contributed by atoms with Gasteiger partial charge in [-0.25, -0.2) is 4.98 Å². The zero-order chi connectivity index (χ0) is 20.8. The van der Waals surface area contributed by atoms with Crippen LogP contribution in [-0.4, -0.2) is 24.4 Å². The first kappa shape index (κ1) is 20.9. The van der Waals surface area contributed by atoms with Crippen LogP contribution in [0.25, 0.3) is 11.3 Å². The van der Waals surface area contributed by atoms with E-state index in [1.165, 1.54) is 33.6 Å². The third kappa shape index (κ3) is 5.15. The lowest BCUT2D eigenvalue weighted by molar-refractivity contribution is 0.323. The molecule has 3 aromatic rings. The number of nitrogens with one attached hydrogen (secondary N) is 1. The van der Waals surface area contributed by atoms with Gasteiger partial charge >= 0.3 is 0 Å². The van der Waals surface area contributed by atoms with Crippen molar-refractivity contribution in [3.63, 3.8) is 0 Å². The molecule has 1 N–H and O–H groups in total. The van der Waals surface area contributed by atoms with Crippen molar-refractivity contribution in [3.8, 4) is 22.8 Å². The van der Waals surface area contributed by atoms with Gasteiger partial charge in [0.2, 0.25) is 5.13 Å². The second-order valence-electron chi connectivity index (χ2n) is 6.75. The van der Waals surface area contributed by atoms with Gasteiger partial charge in [0.1, 0.15) is 11.5 Å². The van der Waals surface area contributed by atoms with Gasteiger partial charge in [0.05, 0.1) is 25.1 Å². The molecule has 1 heterocycles. The van der Waals surface area contributed by atoms with E-state index in [0.29, 0.717) is 13.2 Å². The number of rotatable bonds is 8. The van der Waals surface area contributed by atoms with Gasteiger partial charge < -0.3 is 9.47 Å². The summed E-state index contributed by atoms with van der Waals surface area (Å²) < 4.78 is 11.3. The largest absolute Gasteiger partial charge is 0.494 e. The summed E-state index contributed by atoms with van der Waals surface area (Å²) >= 11 is 1.54. The van der Waals surface area contributed by atoms with Gasteiger partial charge in [-0.2, -0.15) is 5.10 Å². The van der Waals surface area contributed by atoms with E-state index >= 15 is 0 Å². The molecule has 0 aliphatic heterocycles. The monoisotopic (exact) mass is 409 g/mol. The van der Waals surface area contributed by atoms with E-state index in [2.05, 4.69) is 48.8 Å². The Kier molecular flexibility index (Phi) is 6.88. The van der Waals surface area contributed by atoms with Gasteiger partial charge in [0.15, 0.2) is 0 Å². The lowest BCUT2D eigenvalue weighted by atomic mass is 9.98. The molecule has 0 aliphatic carbocycles. The number of aromatic nitrogens is 1. The molecule has 0 fully saturated rings. The number of thiazole rings is 1. The van der Waals surface area contributed by atoms with E-state index < -0.39 is 0 Å². The minimum absolute atomic E-state index is 0.578. The Morgan fingerprint density at radius 2 is 1.76 bits per heavy atom. The van der Waals surface area contributed by atoms with Crippen LogP contribution >= 0.6 is 11.3 Å². The maximum atomic E-state index is 5.71. The zero-order valence-corrected chi connectivity index (χ0v) is 18.4. The molecule has 0 spiro atoms. The summed E-state index contributed by atoms with van der Waals surface area (Å²) in [5, 5.41) is 7.16. The normalized spacial score (nSPS) is 11.1. The number of hydrogen-bond donors (Lipinski definition) is 1. The van der Waals surface area contributed by atoms with Crippen LogP contribution < -0.4 is 14.9 Å². The highest BCUT2D eigenvalue weighted by molar-refractivity contribution is 7.14. The second kappa shape index (κ2) is 9.56. The van der Waals surface area contributed by atoms with Crippen LogP contribution in [0.2, 0.25) is 0 Å². The van der Waals surface area contributed by atoms with E-state index in [1.54, 1.807) is 6.21 Å².